The standard InChI is InChI=1S/C13H20F3NO/c1-3-4-10-8-17-11(7-9(10)2)12(18)5-6-13(14,15)16/h7-8,11-12,17-18H,3-6H2,1-2H3. The maximum absolute atomic E-state index is 12.1. The Morgan fingerprint density at radius 3 is 2.61 bits per heavy atom. The van der Waals surface area contributed by atoms with E-state index in [4.69, 9.17) is 0 Å². The van der Waals surface area contributed by atoms with E-state index in [2.05, 4.69) is 12.2 Å². The maximum Gasteiger partial charge on any atom is 0.389 e. The fourth-order valence-electron chi connectivity index (χ4n) is 1.99. The molecule has 0 aromatic heterocycles. The highest BCUT2D eigenvalue weighted by molar-refractivity contribution is 5.33. The van der Waals surface area contributed by atoms with Crippen molar-refractivity contribution in [2.75, 3.05) is 0 Å². The van der Waals surface area contributed by atoms with Crippen LogP contribution in [0.4, 0.5) is 13.2 Å². The number of aliphatic hydroxyl groups is 1. The summed E-state index contributed by atoms with van der Waals surface area (Å²) in [5.74, 6) is 0. The van der Waals surface area contributed by atoms with Crippen LogP contribution in [0.1, 0.15) is 39.5 Å². The predicted molar refractivity (Wildman–Crippen MR) is 65.0 cm³/mol. The topological polar surface area (TPSA) is 32.3 Å². The third kappa shape index (κ3) is 4.72. The van der Waals surface area contributed by atoms with Gasteiger partial charge in [0, 0.05) is 12.6 Å². The Morgan fingerprint density at radius 1 is 1.44 bits per heavy atom. The Morgan fingerprint density at radius 2 is 2.11 bits per heavy atom. The number of nitrogens with one attached hydrogen (secondary N) is 1. The third-order valence-corrected chi connectivity index (χ3v) is 3.04. The molecule has 104 valence electrons. The SMILES string of the molecule is CCCC1=CNC(C(O)CCC(F)(F)F)C=C1C. The zero-order valence-corrected chi connectivity index (χ0v) is 10.7. The number of hydrogen-bond acceptors (Lipinski definition) is 2. The van der Waals surface area contributed by atoms with Gasteiger partial charge in [0.05, 0.1) is 12.1 Å². The minimum Gasteiger partial charge on any atom is -0.391 e. The molecule has 0 aromatic rings. The maximum atomic E-state index is 12.1. The van der Waals surface area contributed by atoms with Crippen LogP contribution in [0.15, 0.2) is 23.4 Å². The van der Waals surface area contributed by atoms with Crippen molar-refractivity contribution in [2.45, 2.75) is 57.9 Å². The summed E-state index contributed by atoms with van der Waals surface area (Å²) in [6.07, 6.45) is -0.891. The van der Waals surface area contributed by atoms with Gasteiger partial charge in [-0.05, 0) is 30.9 Å². The van der Waals surface area contributed by atoms with Gasteiger partial charge in [-0.25, -0.2) is 0 Å². The summed E-state index contributed by atoms with van der Waals surface area (Å²) in [6.45, 7) is 3.99. The van der Waals surface area contributed by atoms with Gasteiger partial charge < -0.3 is 10.4 Å². The van der Waals surface area contributed by atoms with Crippen LogP contribution in [-0.2, 0) is 0 Å². The predicted octanol–water partition coefficient (Wildman–Crippen LogP) is 3.29. The molecule has 5 heteroatoms. The molecule has 1 aliphatic heterocycles. The molecule has 2 N–H and O–H groups in total. The van der Waals surface area contributed by atoms with Crippen molar-refractivity contribution in [3.63, 3.8) is 0 Å². The molecule has 0 saturated heterocycles. The van der Waals surface area contributed by atoms with Gasteiger partial charge in [-0.15, -0.1) is 0 Å². The van der Waals surface area contributed by atoms with E-state index in [9.17, 15) is 18.3 Å². The van der Waals surface area contributed by atoms with E-state index in [0.717, 1.165) is 24.0 Å². The number of rotatable bonds is 5. The fourth-order valence-corrected chi connectivity index (χ4v) is 1.99. The van der Waals surface area contributed by atoms with Crippen LogP contribution in [0.2, 0.25) is 0 Å². The van der Waals surface area contributed by atoms with E-state index >= 15 is 0 Å². The van der Waals surface area contributed by atoms with Crippen LogP contribution in [0.5, 0.6) is 0 Å². The highest BCUT2D eigenvalue weighted by atomic mass is 19.4. The minimum atomic E-state index is -4.21. The molecule has 2 atom stereocenters. The molecule has 0 bridgehead atoms. The summed E-state index contributed by atoms with van der Waals surface area (Å²) < 4.78 is 36.2. The summed E-state index contributed by atoms with van der Waals surface area (Å²) in [5.41, 5.74) is 2.18. The average molecular weight is 263 g/mol. The van der Waals surface area contributed by atoms with Gasteiger partial charge in [0.1, 0.15) is 0 Å². The smallest absolute Gasteiger partial charge is 0.389 e. The molecule has 1 heterocycles. The van der Waals surface area contributed by atoms with E-state index in [1.807, 2.05) is 13.0 Å². The van der Waals surface area contributed by atoms with Crippen molar-refractivity contribution in [2.24, 2.45) is 0 Å². The van der Waals surface area contributed by atoms with Gasteiger partial charge in [-0.2, -0.15) is 13.2 Å². The Balaban J connectivity index is 2.51. The molecule has 0 aromatic carbocycles. The minimum absolute atomic E-state index is 0.276. The Bertz CT molecular complexity index is 334. The Labute approximate surface area is 106 Å². The van der Waals surface area contributed by atoms with Crippen molar-refractivity contribution >= 4 is 0 Å². The highest BCUT2D eigenvalue weighted by Crippen LogP contribution is 2.25. The number of allylic oxidation sites excluding steroid dienone is 2. The van der Waals surface area contributed by atoms with Crippen LogP contribution < -0.4 is 5.32 Å². The summed E-state index contributed by atoms with van der Waals surface area (Å²) in [4.78, 5) is 0. The first-order valence-electron chi connectivity index (χ1n) is 6.22. The molecule has 0 saturated carbocycles. The molecule has 2 unspecified atom stereocenters. The second-order valence-electron chi connectivity index (χ2n) is 4.68. The second kappa shape index (κ2) is 6.27. The molecule has 18 heavy (non-hydrogen) atoms. The zero-order chi connectivity index (χ0) is 13.8. The molecule has 2 nitrogen and oxygen atoms in total. The molecular weight excluding hydrogens is 243 g/mol. The summed E-state index contributed by atoms with van der Waals surface area (Å²) >= 11 is 0. The third-order valence-electron chi connectivity index (χ3n) is 3.04. The van der Waals surface area contributed by atoms with Gasteiger partial charge in [0.15, 0.2) is 0 Å². The number of dihydropyridines is 1. The van der Waals surface area contributed by atoms with E-state index in [-0.39, 0.29) is 6.42 Å². The first-order chi connectivity index (χ1) is 8.33. The van der Waals surface area contributed by atoms with Crippen LogP contribution in [0.25, 0.3) is 0 Å². The monoisotopic (exact) mass is 263 g/mol. The van der Waals surface area contributed by atoms with Gasteiger partial charge in [-0.1, -0.05) is 19.4 Å². The molecule has 0 spiro atoms. The molecule has 0 fully saturated rings. The fraction of sp³-hybridized carbons (Fsp3) is 0.692. The van der Waals surface area contributed by atoms with E-state index in [1.54, 1.807) is 6.20 Å². The zero-order valence-electron chi connectivity index (χ0n) is 10.7. The first kappa shape index (κ1) is 15.1. The van der Waals surface area contributed by atoms with Crippen molar-refractivity contribution in [3.05, 3.63) is 23.4 Å². The number of halogens is 3. The molecule has 0 amide bonds. The van der Waals surface area contributed by atoms with Crippen molar-refractivity contribution in [3.8, 4) is 0 Å². The number of aliphatic hydroxyl groups excluding tert-OH is 1. The molecule has 1 rings (SSSR count). The first-order valence-corrected chi connectivity index (χ1v) is 6.22. The lowest BCUT2D eigenvalue weighted by molar-refractivity contribution is -0.140. The van der Waals surface area contributed by atoms with E-state index in [0.29, 0.717) is 0 Å². The molecule has 1 aliphatic rings. The van der Waals surface area contributed by atoms with Crippen molar-refractivity contribution in [1.29, 1.82) is 0 Å². The molecule has 0 aliphatic carbocycles. The lowest BCUT2D eigenvalue weighted by Crippen LogP contribution is -2.38. The highest BCUT2D eigenvalue weighted by Gasteiger charge is 2.30. The quantitative estimate of drug-likeness (QED) is 0.797. The number of alkyl halides is 3. The normalized spacial score (nSPS) is 22.0. The van der Waals surface area contributed by atoms with Crippen LogP contribution in [-0.4, -0.2) is 23.4 Å². The van der Waals surface area contributed by atoms with E-state index < -0.39 is 24.7 Å². The molecular formula is C13H20F3NO. The van der Waals surface area contributed by atoms with Gasteiger partial charge >= 0.3 is 6.18 Å². The lowest BCUT2D eigenvalue weighted by atomic mass is 9.95. The number of hydrogen-bond donors (Lipinski definition) is 2. The second-order valence-corrected chi connectivity index (χ2v) is 4.68. The summed E-state index contributed by atoms with van der Waals surface area (Å²) in [6, 6.07) is -0.423. The van der Waals surface area contributed by atoms with Gasteiger partial charge in [-0.3, -0.25) is 0 Å². The van der Waals surface area contributed by atoms with Gasteiger partial charge in [0.2, 0.25) is 0 Å². The largest absolute Gasteiger partial charge is 0.391 e. The summed E-state index contributed by atoms with van der Waals surface area (Å²) in [5, 5.41) is 12.7. The Kier molecular flexibility index (Phi) is 5.26. The van der Waals surface area contributed by atoms with Crippen molar-refractivity contribution in [1.82, 2.24) is 5.32 Å². The average Bonchev–Trinajstić information content (AvgIpc) is 2.28. The van der Waals surface area contributed by atoms with Crippen LogP contribution in [0.3, 0.4) is 0 Å². The van der Waals surface area contributed by atoms with E-state index in [1.165, 1.54) is 0 Å². The molecule has 0 radical (unpaired) electrons. The summed E-state index contributed by atoms with van der Waals surface area (Å²) in [7, 11) is 0. The Hall–Kier alpha value is -0.970. The van der Waals surface area contributed by atoms with Crippen molar-refractivity contribution < 1.29 is 18.3 Å². The van der Waals surface area contributed by atoms with Gasteiger partial charge in [0.25, 0.3) is 0 Å². The lowest BCUT2D eigenvalue weighted by Gasteiger charge is -2.26. The van der Waals surface area contributed by atoms with Crippen LogP contribution >= 0.6 is 0 Å². The van der Waals surface area contributed by atoms with Crippen LogP contribution in [0, 0.1) is 0 Å².